The summed E-state index contributed by atoms with van der Waals surface area (Å²) in [6, 6.07) is 17.6. The van der Waals surface area contributed by atoms with Gasteiger partial charge in [0, 0.05) is 11.3 Å². The lowest BCUT2D eigenvalue weighted by Crippen LogP contribution is -2.41. The molecular formula is C17H17NO4. The summed E-state index contributed by atoms with van der Waals surface area (Å²) >= 11 is 0. The summed E-state index contributed by atoms with van der Waals surface area (Å²) in [5.41, 5.74) is 1.07. The van der Waals surface area contributed by atoms with E-state index in [-0.39, 0.29) is 12.5 Å². The number of anilines is 1. The maximum Gasteiger partial charge on any atom is 0.336 e. The minimum atomic E-state index is -1.40. The maximum absolute atomic E-state index is 12.7. The van der Waals surface area contributed by atoms with E-state index in [0.717, 1.165) is 0 Å². The third kappa shape index (κ3) is 3.71. The molecule has 2 aromatic rings. The fraction of sp³-hybridized carbons (Fsp3) is 0.176. The number of esters is 1. The fourth-order valence-corrected chi connectivity index (χ4v) is 2.03. The predicted molar refractivity (Wildman–Crippen MR) is 82.6 cm³/mol. The minimum absolute atomic E-state index is 0.176. The molecule has 0 radical (unpaired) electrons. The van der Waals surface area contributed by atoms with Gasteiger partial charge in [-0.15, -0.1) is 0 Å². The van der Waals surface area contributed by atoms with Gasteiger partial charge < -0.3 is 14.7 Å². The first kappa shape index (κ1) is 15.7. The quantitative estimate of drug-likeness (QED) is 0.856. The molecule has 0 aliphatic rings. The molecule has 22 heavy (non-hydrogen) atoms. The van der Waals surface area contributed by atoms with Crippen LogP contribution < -0.4 is 4.90 Å². The standard InChI is InChI=1S/C17H17NO4/c1-22-17(21)15(19)12-18(14-10-6-3-7-11-14)16(20)13-8-4-2-5-9-13/h2-11,15,19H,12H2,1H3/t15-/m1/s1. The Morgan fingerprint density at radius 1 is 1.05 bits per heavy atom. The molecule has 0 unspecified atom stereocenters. The minimum Gasteiger partial charge on any atom is -0.467 e. The number of aliphatic hydroxyl groups is 1. The van der Waals surface area contributed by atoms with E-state index in [1.54, 1.807) is 48.5 Å². The molecule has 0 bridgehead atoms. The average molecular weight is 299 g/mol. The van der Waals surface area contributed by atoms with Crippen molar-refractivity contribution in [2.24, 2.45) is 0 Å². The van der Waals surface area contributed by atoms with Crippen LogP contribution in [-0.2, 0) is 9.53 Å². The predicted octanol–water partition coefficient (Wildman–Crippen LogP) is 1.87. The van der Waals surface area contributed by atoms with Crippen molar-refractivity contribution < 1.29 is 19.4 Å². The van der Waals surface area contributed by atoms with Gasteiger partial charge in [0.05, 0.1) is 13.7 Å². The first-order chi connectivity index (χ1) is 10.6. The van der Waals surface area contributed by atoms with Crippen LogP contribution in [0.4, 0.5) is 5.69 Å². The lowest BCUT2D eigenvalue weighted by molar-refractivity contribution is -0.149. The summed E-state index contributed by atoms with van der Waals surface area (Å²) in [7, 11) is 1.19. The summed E-state index contributed by atoms with van der Waals surface area (Å²) in [4.78, 5) is 25.4. The molecule has 0 saturated heterocycles. The van der Waals surface area contributed by atoms with Crippen molar-refractivity contribution in [2.45, 2.75) is 6.10 Å². The number of carbonyl (C=O) groups is 2. The van der Waals surface area contributed by atoms with Crippen molar-refractivity contribution in [3.63, 3.8) is 0 Å². The zero-order valence-corrected chi connectivity index (χ0v) is 12.2. The van der Waals surface area contributed by atoms with E-state index < -0.39 is 12.1 Å². The van der Waals surface area contributed by atoms with Gasteiger partial charge in [-0.3, -0.25) is 4.79 Å². The highest BCUT2D eigenvalue weighted by molar-refractivity contribution is 6.06. The van der Waals surface area contributed by atoms with Crippen LogP contribution in [0.15, 0.2) is 60.7 Å². The zero-order chi connectivity index (χ0) is 15.9. The Hall–Kier alpha value is -2.66. The lowest BCUT2D eigenvalue weighted by Gasteiger charge is -2.24. The summed E-state index contributed by atoms with van der Waals surface area (Å²) in [6.07, 6.45) is -1.40. The van der Waals surface area contributed by atoms with Crippen molar-refractivity contribution >= 4 is 17.6 Å². The summed E-state index contributed by atoms with van der Waals surface area (Å²) < 4.78 is 4.51. The second-order valence-corrected chi connectivity index (χ2v) is 4.66. The summed E-state index contributed by atoms with van der Waals surface area (Å²) in [6.45, 7) is -0.176. The van der Waals surface area contributed by atoms with E-state index >= 15 is 0 Å². The van der Waals surface area contributed by atoms with Crippen LogP contribution in [0.25, 0.3) is 0 Å². The molecule has 1 atom stereocenters. The average Bonchev–Trinajstić information content (AvgIpc) is 2.59. The molecule has 0 heterocycles. The van der Waals surface area contributed by atoms with Gasteiger partial charge in [0.25, 0.3) is 5.91 Å². The van der Waals surface area contributed by atoms with E-state index in [4.69, 9.17) is 0 Å². The molecule has 0 spiro atoms. The SMILES string of the molecule is COC(=O)[C@H](O)CN(C(=O)c1ccccc1)c1ccccc1. The number of methoxy groups -OCH3 is 1. The number of rotatable bonds is 5. The zero-order valence-electron chi connectivity index (χ0n) is 12.2. The van der Waals surface area contributed by atoms with Gasteiger partial charge in [-0.05, 0) is 24.3 Å². The monoisotopic (exact) mass is 299 g/mol. The van der Waals surface area contributed by atoms with Crippen molar-refractivity contribution in [3.8, 4) is 0 Å². The van der Waals surface area contributed by atoms with Gasteiger partial charge >= 0.3 is 5.97 Å². The number of nitrogens with zero attached hydrogens (tertiary/aromatic N) is 1. The molecule has 1 N–H and O–H groups in total. The Labute approximate surface area is 128 Å². The van der Waals surface area contributed by atoms with Crippen molar-refractivity contribution in [3.05, 3.63) is 66.2 Å². The van der Waals surface area contributed by atoms with Crippen LogP contribution >= 0.6 is 0 Å². The Bertz CT molecular complexity index is 628. The van der Waals surface area contributed by atoms with Crippen LogP contribution in [0.1, 0.15) is 10.4 Å². The molecule has 0 fully saturated rings. The van der Waals surface area contributed by atoms with Crippen molar-refractivity contribution in [1.82, 2.24) is 0 Å². The second-order valence-electron chi connectivity index (χ2n) is 4.66. The topological polar surface area (TPSA) is 66.8 Å². The van der Waals surface area contributed by atoms with Crippen LogP contribution in [-0.4, -0.2) is 36.7 Å². The molecule has 0 aromatic heterocycles. The lowest BCUT2D eigenvalue weighted by atomic mass is 10.1. The Morgan fingerprint density at radius 2 is 1.59 bits per heavy atom. The Kier molecular flexibility index (Phi) is 5.27. The van der Waals surface area contributed by atoms with E-state index in [0.29, 0.717) is 11.3 Å². The molecule has 5 nitrogen and oxygen atoms in total. The highest BCUT2D eigenvalue weighted by atomic mass is 16.5. The van der Waals surface area contributed by atoms with Crippen LogP contribution in [0.2, 0.25) is 0 Å². The van der Waals surface area contributed by atoms with Gasteiger partial charge in [0.1, 0.15) is 0 Å². The summed E-state index contributed by atoms with van der Waals surface area (Å²) in [5.74, 6) is -1.07. The highest BCUT2D eigenvalue weighted by Crippen LogP contribution is 2.17. The van der Waals surface area contributed by atoms with E-state index in [1.807, 2.05) is 12.1 Å². The van der Waals surface area contributed by atoms with Crippen LogP contribution in [0, 0.1) is 0 Å². The second kappa shape index (κ2) is 7.38. The highest BCUT2D eigenvalue weighted by Gasteiger charge is 2.25. The number of para-hydroxylation sites is 1. The summed E-state index contributed by atoms with van der Waals surface area (Å²) in [5, 5.41) is 9.88. The van der Waals surface area contributed by atoms with Gasteiger partial charge in [0.15, 0.2) is 6.10 Å². The number of carbonyl (C=O) groups excluding carboxylic acids is 2. The van der Waals surface area contributed by atoms with Gasteiger partial charge in [0.2, 0.25) is 0 Å². The van der Waals surface area contributed by atoms with Crippen LogP contribution in [0.5, 0.6) is 0 Å². The number of amides is 1. The number of hydrogen-bond donors (Lipinski definition) is 1. The van der Waals surface area contributed by atoms with Gasteiger partial charge in [-0.25, -0.2) is 4.79 Å². The third-order valence-electron chi connectivity index (χ3n) is 3.16. The first-order valence-electron chi connectivity index (χ1n) is 6.81. The smallest absolute Gasteiger partial charge is 0.336 e. The normalized spacial score (nSPS) is 11.5. The van der Waals surface area contributed by atoms with E-state index in [2.05, 4.69) is 4.74 Å². The Balaban J connectivity index is 2.30. The van der Waals surface area contributed by atoms with E-state index in [9.17, 15) is 14.7 Å². The fourth-order valence-electron chi connectivity index (χ4n) is 2.03. The largest absolute Gasteiger partial charge is 0.467 e. The van der Waals surface area contributed by atoms with Crippen molar-refractivity contribution in [2.75, 3.05) is 18.6 Å². The molecule has 0 aliphatic carbocycles. The molecule has 0 saturated carbocycles. The molecule has 1 amide bonds. The number of benzene rings is 2. The van der Waals surface area contributed by atoms with Gasteiger partial charge in [-0.1, -0.05) is 36.4 Å². The molecule has 5 heteroatoms. The maximum atomic E-state index is 12.7. The number of aliphatic hydroxyl groups excluding tert-OH is 1. The Morgan fingerprint density at radius 3 is 2.14 bits per heavy atom. The molecule has 0 aliphatic heterocycles. The van der Waals surface area contributed by atoms with Crippen molar-refractivity contribution in [1.29, 1.82) is 0 Å². The molecule has 2 aromatic carbocycles. The first-order valence-corrected chi connectivity index (χ1v) is 6.81. The molecule has 2 rings (SSSR count). The molecule has 114 valence electrons. The van der Waals surface area contributed by atoms with E-state index in [1.165, 1.54) is 12.0 Å². The third-order valence-corrected chi connectivity index (χ3v) is 3.16. The van der Waals surface area contributed by atoms with Crippen LogP contribution in [0.3, 0.4) is 0 Å². The number of ether oxygens (including phenoxy) is 1. The van der Waals surface area contributed by atoms with Gasteiger partial charge in [-0.2, -0.15) is 0 Å². The molecular weight excluding hydrogens is 282 g/mol. The number of hydrogen-bond acceptors (Lipinski definition) is 4.